The molecule has 156 valence electrons. The second-order valence-electron chi connectivity index (χ2n) is 8.15. The van der Waals surface area contributed by atoms with Crippen molar-refractivity contribution < 1.29 is 0 Å². The van der Waals surface area contributed by atoms with Crippen molar-refractivity contribution in [3.63, 3.8) is 0 Å². The van der Waals surface area contributed by atoms with E-state index in [1.165, 1.54) is 5.69 Å². The van der Waals surface area contributed by atoms with Crippen molar-refractivity contribution >= 4 is 34.0 Å². The van der Waals surface area contributed by atoms with Crippen molar-refractivity contribution in [3.8, 4) is 0 Å². The molecule has 3 aromatic heterocycles. The highest BCUT2D eigenvalue weighted by Gasteiger charge is 2.27. The highest BCUT2D eigenvalue weighted by molar-refractivity contribution is 6.54. The summed E-state index contributed by atoms with van der Waals surface area (Å²) in [6.45, 7) is 7.93. The first-order valence-corrected chi connectivity index (χ1v) is 10.2. The molecular formula is C23H29N7. The topological polar surface area (TPSA) is 73.7 Å². The largest absolute Gasteiger partial charge is 0.365 e. The second kappa shape index (κ2) is 7.57. The van der Waals surface area contributed by atoms with E-state index in [4.69, 9.17) is 10.4 Å². The first kappa shape index (κ1) is 20.1. The van der Waals surface area contributed by atoms with Gasteiger partial charge in [0.25, 0.3) is 0 Å². The average molecular weight is 404 g/mol. The number of nitrogens with one attached hydrogen (secondary N) is 2. The summed E-state index contributed by atoms with van der Waals surface area (Å²) in [5.74, 6) is 0.737. The van der Waals surface area contributed by atoms with Gasteiger partial charge in [-0.25, -0.2) is 9.51 Å². The van der Waals surface area contributed by atoms with Crippen LogP contribution in [0.25, 0.3) is 11.1 Å². The van der Waals surface area contributed by atoms with E-state index in [9.17, 15) is 0 Å². The number of aromatic nitrogens is 3. The minimum atomic E-state index is 0.464. The zero-order valence-electron chi connectivity index (χ0n) is 18.5. The maximum Gasteiger partial charge on any atom is 0.175 e. The SMILES string of the molecule is CC1=CC(=Nc2c(NCCN(C)C)nn3ccccc23)C(=N)c2c(C)c(C)n(C)c21. The van der Waals surface area contributed by atoms with E-state index in [1.807, 2.05) is 49.1 Å². The number of rotatable bonds is 5. The molecule has 0 amide bonds. The van der Waals surface area contributed by atoms with E-state index in [0.29, 0.717) is 11.4 Å². The molecule has 0 aliphatic heterocycles. The smallest absolute Gasteiger partial charge is 0.175 e. The van der Waals surface area contributed by atoms with Gasteiger partial charge in [0.05, 0.1) is 22.6 Å². The number of hydrogen-bond acceptors (Lipinski definition) is 5. The highest BCUT2D eigenvalue weighted by Crippen LogP contribution is 2.34. The molecule has 0 unspecified atom stereocenters. The quantitative estimate of drug-likeness (QED) is 0.680. The Kier molecular flexibility index (Phi) is 5.07. The third-order valence-electron chi connectivity index (χ3n) is 5.82. The summed E-state index contributed by atoms with van der Waals surface area (Å²) < 4.78 is 4.01. The number of allylic oxidation sites excluding steroid dienone is 2. The summed E-state index contributed by atoms with van der Waals surface area (Å²) in [5, 5.41) is 17.0. The Morgan fingerprint density at radius 1 is 1.20 bits per heavy atom. The highest BCUT2D eigenvalue weighted by atomic mass is 15.3. The number of nitrogens with zero attached hydrogens (tertiary/aromatic N) is 5. The Balaban J connectivity index is 1.82. The molecule has 3 heterocycles. The van der Waals surface area contributed by atoms with Gasteiger partial charge in [0.1, 0.15) is 5.69 Å². The predicted octanol–water partition coefficient (Wildman–Crippen LogP) is 3.82. The van der Waals surface area contributed by atoms with Gasteiger partial charge in [-0.05, 0) is 64.2 Å². The van der Waals surface area contributed by atoms with Crippen LogP contribution in [0.1, 0.15) is 29.4 Å². The molecule has 7 nitrogen and oxygen atoms in total. The number of aliphatic imine (C=N–C) groups is 1. The number of pyridine rings is 1. The van der Waals surface area contributed by atoms with Gasteiger partial charge < -0.3 is 14.8 Å². The lowest BCUT2D eigenvalue weighted by molar-refractivity contribution is 0.425. The van der Waals surface area contributed by atoms with Crippen LogP contribution in [0.15, 0.2) is 35.5 Å². The van der Waals surface area contributed by atoms with Crippen molar-refractivity contribution in [2.45, 2.75) is 20.8 Å². The molecule has 0 atom stereocenters. The molecule has 1 aliphatic rings. The van der Waals surface area contributed by atoms with E-state index in [-0.39, 0.29) is 0 Å². The van der Waals surface area contributed by atoms with Gasteiger partial charge in [0, 0.05) is 37.6 Å². The van der Waals surface area contributed by atoms with E-state index in [0.717, 1.165) is 52.5 Å². The van der Waals surface area contributed by atoms with Crippen molar-refractivity contribution in [2.24, 2.45) is 12.0 Å². The van der Waals surface area contributed by atoms with Crippen LogP contribution in [0.4, 0.5) is 11.5 Å². The molecule has 1 aliphatic carbocycles. The lowest BCUT2D eigenvalue weighted by atomic mass is 9.92. The lowest BCUT2D eigenvalue weighted by Crippen LogP contribution is -2.21. The van der Waals surface area contributed by atoms with Crippen LogP contribution in [-0.2, 0) is 7.05 Å². The summed E-state index contributed by atoms with van der Waals surface area (Å²) in [5.41, 5.74) is 8.36. The first-order valence-electron chi connectivity index (χ1n) is 10.2. The standard InChI is InChI=1S/C23H29N7/c1-14-13-17(20(24)19-15(2)16(3)29(6)22(14)19)26-21-18-9-7-8-11-30(18)27-23(21)25-10-12-28(4)5/h7-9,11,13,24H,10,12H2,1-6H3,(H,25,27). The van der Waals surface area contributed by atoms with Crippen LogP contribution in [-0.4, -0.2) is 57.7 Å². The molecule has 0 radical (unpaired) electrons. The van der Waals surface area contributed by atoms with E-state index in [1.54, 1.807) is 0 Å². The summed E-state index contributed by atoms with van der Waals surface area (Å²) in [4.78, 5) is 7.09. The summed E-state index contributed by atoms with van der Waals surface area (Å²) >= 11 is 0. The van der Waals surface area contributed by atoms with E-state index in [2.05, 4.69) is 47.7 Å². The van der Waals surface area contributed by atoms with Gasteiger partial charge >= 0.3 is 0 Å². The minimum Gasteiger partial charge on any atom is -0.365 e. The maximum atomic E-state index is 8.90. The Bertz CT molecular complexity index is 1200. The Morgan fingerprint density at radius 3 is 2.70 bits per heavy atom. The minimum absolute atomic E-state index is 0.464. The van der Waals surface area contributed by atoms with Crippen LogP contribution in [0, 0.1) is 19.3 Å². The van der Waals surface area contributed by atoms with Gasteiger partial charge in [0.15, 0.2) is 5.82 Å². The molecule has 0 aromatic carbocycles. The molecular weight excluding hydrogens is 374 g/mol. The van der Waals surface area contributed by atoms with E-state index >= 15 is 0 Å². The molecule has 0 bridgehead atoms. The van der Waals surface area contributed by atoms with Crippen LogP contribution in [0.3, 0.4) is 0 Å². The number of likely N-dealkylation sites (N-methyl/N-ethyl adjacent to an activating group) is 1. The fraction of sp³-hybridized carbons (Fsp3) is 0.348. The molecule has 7 heteroatoms. The molecule has 2 N–H and O–H groups in total. The van der Waals surface area contributed by atoms with Crippen LogP contribution < -0.4 is 5.32 Å². The molecule has 30 heavy (non-hydrogen) atoms. The van der Waals surface area contributed by atoms with Gasteiger partial charge in [-0.15, -0.1) is 5.10 Å². The zero-order chi connectivity index (χ0) is 21.6. The normalized spacial score (nSPS) is 15.2. The molecule has 3 aromatic rings. The fourth-order valence-corrected chi connectivity index (χ4v) is 4.01. The zero-order valence-corrected chi connectivity index (χ0v) is 18.5. The first-order chi connectivity index (χ1) is 14.3. The van der Waals surface area contributed by atoms with Crippen LogP contribution in [0.2, 0.25) is 0 Å². The van der Waals surface area contributed by atoms with Crippen LogP contribution in [0.5, 0.6) is 0 Å². The average Bonchev–Trinajstić information content (AvgIpc) is 3.16. The number of fused-ring (bicyclic) bond motifs is 2. The lowest BCUT2D eigenvalue weighted by Gasteiger charge is -2.17. The fourth-order valence-electron chi connectivity index (χ4n) is 4.01. The summed E-state index contributed by atoms with van der Waals surface area (Å²) in [7, 11) is 6.16. The van der Waals surface area contributed by atoms with Crippen molar-refractivity contribution in [1.29, 1.82) is 5.41 Å². The molecule has 0 spiro atoms. The predicted molar refractivity (Wildman–Crippen MR) is 125 cm³/mol. The Labute approximate surface area is 177 Å². The molecule has 4 rings (SSSR count). The molecule has 0 saturated heterocycles. The number of anilines is 1. The van der Waals surface area contributed by atoms with E-state index < -0.39 is 0 Å². The van der Waals surface area contributed by atoms with Gasteiger partial charge in [-0.2, -0.15) is 0 Å². The van der Waals surface area contributed by atoms with Crippen molar-refractivity contribution in [2.75, 3.05) is 32.5 Å². The van der Waals surface area contributed by atoms with Crippen LogP contribution >= 0.6 is 0 Å². The number of hydrogen-bond donors (Lipinski definition) is 2. The van der Waals surface area contributed by atoms with Crippen molar-refractivity contribution in [3.05, 3.63) is 53.0 Å². The maximum absolute atomic E-state index is 8.90. The summed E-state index contributed by atoms with van der Waals surface area (Å²) in [6, 6.07) is 5.95. The molecule has 0 fully saturated rings. The van der Waals surface area contributed by atoms with Gasteiger partial charge in [-0.3, -0.25) is 5.41 Å². The summed E-state index contributed by atoms with van der Waals surface area (Å²) in [6.07, 6.45) is 3.94. The Hall–Kier alpha value is -3.19. The Morgan fingerprint density at radius 2 is 1.97 bits per heavy atom. The second-order valence-corrected chi connectivity index (χ2v) is 8.15. The van der Waals surface area contributed by atoms with Gasteiger partial charge in [-0.1, -0.05) is 6.07 Å². The molecule has 0 saturated carbocycles. The van der Waals surface area contributed by atoms with Gasteiger partial charge in [0.2, 0.25) is 0 Å². The van der Waals surface area contributed by atoms with Crippen molar-refractivity contribution in [1.82, 2.24) is 19.1 Å². The third-order valence-corrected chi connectivity index (χ3v) is 5.82. The third kappa shape index (κ3) is 3.25. The monoisotopic (exact) mass is 403 g/mol.